The van der Waals surface area contributed by atoms with E-state index in [2.05, 4.69) is 42.8 Å². The van der Waals surface area contributed by atoms with Crippen LogP contribution in [0.2, 0.25) is 0 Å². The number of nitrogens with zero attached hydrogens (tertiary/aromatic N) is 5. The average molecular weight is 313 g/mol. The first kappa shape index (κ1) is 15.0. The maximum absolute atomic E-state index is 13.1. The molecule has 0 aliphatic carbocycles. The van der Waals surface area contributed by atoms with Gasteiger partial charge in [0, 0.05) is 12.4 Å². The van der Waals surface area contributed by atoms with Gasteiger partial charge in [-0.15, -0.1) is 10.2 Å². The second kappa shape index (κ2) is 6.91. The predicted octanol–water partition coefficient (Wildman–Crippen LogP) is 2.75. The first-order valence-electron chi connectivity index (χ1n) is 7.34. The zero-order valence-corrected chi connectivity index (χ0v) is 12.6. The van der Waals surface area contributed by atoms with Crippen molar-refractivity contribution < 1.29 is 4.39 Å². The molecular weight excluding hydrogens is 297 g/mol. The highest BCUT2D eigenvalue weighted by atomic mass is 19.1. The molecule has 23 heavy (non-hydrogen) atoms. The molecule has 7 nitrogen and oxygen atoms in total. The molecule has 0 saturated carbocycles. The smallest absolute Gasteiger partial charge is 0.223 e. The van der Waals surface area contributed by atoms with E-state index >= 15 is 0 Å². The van der Waals surface area contributed by atoms with Crippen LogP contribution in [0.15, 0.2) is 36.7 Å². The fourth-order valence-electron chi connectivity index (χ4n) is 2.26. The van der Waals surface area contributed by atoms with Crippen LogP contribution in [0, 0.1) is 5.82 Å². The molecule has 1 unspecified atom stereocenters. The topological polar surface area (TPSA) is 92.3 Å². The Balaban J connectivity index is 1.76. The van der Waals surface area contributed by atoms with Crippen LogP contribution in [0.3, 0.4) is 0 Å². The molecule has 118 valence electrons. The van der Waals surface area contributed by atoms with Crippen molar-refractivity contribution in [2.75, 3.05) is 5.32 Å². The molecule has 1 atom stereocenters. The lowest BCUT2D eigenvalue weighted by Crippen LogP contribution is -2.12. The lowest BCUT2D eigenvalue weighted by molar-refractivity contribution is 0.622. The number of nitrogens with one attached hydrogen (secondary N) is 2. The van der Waals surface area contributed by atoms with E-state index in [0.29, 0.717) is 17.3 Å². The van der Waals surface area contributed by atoms with E-state index in [-0.39, 0.29) is 11.9 Å². The number of H-pyrrole nitrogens is 1. The number of benzene rings is 1. The summed E-state index contributed by atoms with van der Waals surface area (Å²) in [6, 6.07) is 6.49. The van der Waals surface area contributed by atoms with Crippen LogP contribution in [-0.4, -0.2) is 30.6 Å². The third-order valence-electron chi connectivity index (χ3n) is 3.41. The molecule has 0 radical (unpaired) electrons. The fourth-order valence-corrected chi connectivity index (χ4v) is 2.26. The maximum Gasteiger partial charge on any atom is 0.223 e. The van der Waals surface area contributed by atoms with Gasteiger partial charge in [0.05, 0.1) is 11.6 Å². The Morgan fingerprint density at radius 3 is 2.52 bits per heavy atom. The number of tetrazole rings is 1. The van der Waals surface area contributed by atoms with E-state index < -0.39 is 0 Å². The summed E-state index contributed by atoms with van der Waals surface area (Å²) >= 11 is 0. The number of hydrogen-bond donors (Lipinski definition) is 2. The quantitative estimate of drug-likeness (QED) is 0.727. The van der Waals surface area contributed by atoms with Gasteiger partial charge in [0.25, 0.3) is 0 Å². The first-order chi connectivity index (χ1) is 11.3. The van der Waals surface area contributed by atoms with E-state index in [9.17, 15) is 4.39 Å². The van der Waals surface area contributed by atoms with Gasteiger partial charge in [-0.25, -0.2) is 14.4 Å². The standard InChI is InChI=1S/C15H16FN7/c1-2-3-13(10-4-6-12(16)7-5-10)19-15-17-8-11(9-18-15)14-20-22-23-21-14/h4-9,13H,2-3H2,1H3,(H,17,18,19)(H,20,21,22,23). The second-order valence-electron chi connectivity index (χ2n) is 5.07. The van der Waals surface area contributed by atoms with Gasteiger partial charge < -0.3 is 5.32 Å². The summed E-state index contributed by atoms with van der Waals surface area (Å²) in [5.74, 6) is 0.699. The van der Waals surface area contributed by atoms with Crippen LogP contribution < -0.4 is 5.32 Å². The second-order valence-corrected chi connectivity index (χ2v) is 5.07. The summed E-state index contributed by atoms with van der Waals surface area (Å²) in [7, 11) is 0. The molecular formula is C15H16FN7. The van der Waals surface area contributed by atoms with Crippen molar-refractivity contribution in [2.45, 2.75) is 25.8 Å². The van der Waals surface area contributed by atoms with E-state index in [1.54, 1.807) is 24.5 Å². The molecule has 1 aromatic carbocycles. The molecule has 0 aliphatic rings. The van der Waals surface area contributed by atoms with Gasteiger partial charge in [-0.3, -0.25) is 0 Å². The molecule has 0 bridgehead atoms. The summed E-state index contributed by atoms with van der Waals surface area (Å²) in [5.41, 5.74) is 1.68. The van der Waals surface area contributed by atoms with Crippen molar-refractivity contribution in [2.24, 2.45) is 0 Å². The Kier molecular flexibility index (Phi) is 4.51. The molecule has 2 heterocycles. The lowest BCUT2D eigenvalue weighted by Gasteiger charge is -2.18. The Morgan fingerprint density at radius 1 is 1.17 bits per heavy atom. The van der Waals surface area contributed by atoms with Crippen molar-refractivity contribution in [1.82, 2.24) is 30.6 Å². The summed E-state index contributed by atoms with van der Waals surface area (Å²) in [6.07, 6.45) is 5.14. The number of hydrogen-bond acceptors (Lipinski definition) is 6. The minimum Gasteiger partial charge on any atom is -0.347 e. The summed E-state index contributed by atoms with van der Waals surface area (Å²) in [4.78, 5) is 8.56. The Labute approximate surface area is 132 Å². The van der Waals surface area contributed by atoms with Gasteiger partial charge in [-0.05, 0) is 29.3 Å². The molecule has 8 heteroatoms. The molecule has 3 aromatic rings. The monoisotopic (exact) mass is 313 g/mol. The molecule has 3 rings (SSSR count). The maximum atomic E-state index is 13.1. The third kappa shape index (κ3) is 3.65. The van der Waals surface area contributed by atoms with Gasteiger partial charge in [0.15, 0.2) is 0 Å². The van der Waals surface area contributed by atoms with Gasteiger partial charge in [-0.1, -0.05) is 25.5 Å². The normalized spacial score (nSPS) is 12.1. The predicted molar refractivity (Wildman–Crippen MR) is 82.9 cm³/mol. The minimum atomic E-state index is -0.246. The highest BCUT2D eigenvalue weighted by Crippen LogP contribution is 2.23. The first-order valence-corrected chi connectivity index (χ1v) is 7.34. The molecule has 0 spiro atoms. The largest absolute Gasteiger partial charge is 0.347 e. The minimum absolute atomic E-state index is 0.0247. The molecule has 2 aromatic heterocycles. The van der Waals surface area contributed by atoms with Gasteiger partial charge in [0.2, 0.25) is 11.8 Å². The van der Waals surface area contributed by atoms with E-state index in [4.69, 9.17) is 0 Å². The van der Waals surface area contributed by atoms with E-state index in [0.717, 1.165) is 18.4 Å². The molecule has 0 aliphatic heterocycles. The van der Waals surface area contributed by atoms with Crippen LogP contribution in [0.5, 0.6) is 0 Å². The summed E-state index contributed by atoms with van der Waals surface area (Å²) in [6.45, 7) is 2.10. The molecule has 0 saturated heterocycles. The van der Waals surface area contributed by atoms with Gasteiger partial charge in [0.1, 0.15) is 5.82 Å². The third-order valence-corrected chi connectivity index (χ3v) is 3.41. The lowest BCUT2D eigenvalue weighted by atomic mass is 10.0. The van der Waals surface area contributed by atoms with Crippen LogP contribution in [-0.2, 0) is 0 Å². The number of anilines is 1. The molecule has 2 N–H and O–H groups in total. The number of aromatic amines is 1. The summed E-state index contributed by atoms with van der Waals surface area (Å²) in [5, 5.41) is 16.9. The zero-order valence-electron chi connectivity index (χ0n) is 12.6. The SMILES string of the molecule is CCCC(Nc1ncc(-c2nn[nH]n2)cn1)c1ccc(F)cc1. The average Bonchev–Trinajstić information content (AvgIpc) is 3.10. The van der Waals surface area contributed by atoms with Gasteiger partial charge >= 0.3 is 0 Å². The highest BCUT2D eigenvalue weighted by Gasteiger charge is 2.12. The van der Waals surface area contributed by atoms with Crippen molar-refractivity contribution in [3.8, 4) is 11.4 Å². The zero-order chi connectivity index (χ0) is 16.1. The Morgan fingerprint density at radius 2 is 1.91 bits per heavy atom. The van der Waals surface area contributed by atoms with Crippen molar-refractivity contribution in [1.29, 1.82) is 0 Å². The van der Waals surface area contributed by atoms with E-state index in [1.807, 2.05) is 0 Å². The highest BCUT2D eigenvalue weighted by molar-refractivity contribution is 5.51. The van der Waals surface area contributed by atoms with Crippen LogP contribution >= 0.6 is 0 Å². The summed E-state index contributed by atoms with van der Waals surface area (Å²) < 4.78 is 13.1. The fraction of sp³-hybridized carbons (Fsp3) is 0.267. The van der Waals surface area contributed by atoms with Crippen molar-refractivity contribution in [3.63, 3.8) is 0 Å². The number of aromatic nitrogens is 6. The van der Waals surface area contributed by atoms with Crippen LogP contribution in [0.4, 0.5) is 10.3 Å². The molecule has 0 amide bonds. The van der Waals surface area contributed by atoms with E-state index in [1.165, 1.54) is 12.1 Å². The van der Waals surface area contributed by atoms with Gasteiger partial charge in [-0.2, -0.15) is 5.21 Å². The van der Waals surface area contributed by atoms with Crippen LogP contribution in [0.1, 0.15) is 31.4 Å². The van der Waals surface area contributed by atoms with Crippen molar-refractivity contribution >= 4 is 5.95 Å². The Hall–Kier alpha value is -2.90. The number of halogens is 1. The Bertz CT molecular complexity index is 726. The molecule has 0 fully saturated rings. The van der Waals surface area contributed by atoms with Crippen LogP contribution in [0.25, 0.3) is 11.4 Å². The van der Waals surface area contributed by atoms with Crippen molar-refractivity contribution in [3.05, 3.63) is 48.0 Å². The number of rotatable bonds is 6.